The van der Waals surface area contributed by atoms with Gasteiger partial charge in [0, 0.05) is 5.69 Å². The zero-order chi connectivity index (χ0) is 13.2. The summed E-state index contributed by atoms with van der Waals surface area (Å²) in [5.41, 5.74) is 7.14. The monoisotopic (exact) mass is 256 g/mol. The quantitative estimate of drug-likeness (QED) is 0.702. The number of nitrogens with zero attached hydrogens (tertiary/aromatic N) is 2. The van der Waals surface area contributed by atoms with Crippen LogP contribution in [0.2, 0.25) is 0 Å². The SMILES string of the molecule is COc1ccc(N)cc1-c1n[nH]c(-c2ccco2)n1. The van der Waals surface area contributed by atoms with Gasteiger partial charge in [0.2, 0.25) is 0 Å². The number of nitrogens with two attached hydrogens (primary N) is 1. The molecule has 0 amide bonds. The lowest BCUT2D eigenvalue weighted by Crippen LogP contribution is -1.92. The third-order valence-electron chi connectivity index (χ3n) is 2.70. The van der Waals surface area contributed by atoms with Gasteiger partial charge in [-0.1, -0.05) is 0 Å². The normalized spacial score (nSPS) is 10.6. The lowest BCUT2D eigenvalue weighted by molar-refractivity contribution is 0.416. The first-order chi connectivity index (χ1) is 9.28. The molecule has 0 saturated carbocycles. The molecule has 0 saturated heterocycles. The molecule has 1 aromatic carbocycles. The van der Waals surface area contributed by atoms with Crippen molar-refractivity contribution < 1.29 is 9.15 Å². The summed E-state index contributed by atoms with van der Waals surface area (Å²) < 4.78 is 10.5. The second-order valence-electron chi connectivity index (χ2n) is 3.94. The van der Waals surface area contributed by atoms with Crippen molar-refractivity contribution in [3.63, 3.8) is 0 Å². The molecule has 0 radical (unpaired) electrons. The maximum Gasteiger partial charge on any atom is 0.192 e. The average Bonchev–Trinajstić information content (AvgIpc) is 3.09. The molecule has 3 N–H and O–H groups in total. The number of hydrogen-bond acceptors (Lipinski definition) is 5. The number of H-pyrrole nitrogens is 1. The Morgan fingerprint density at radius 1 is 1.32 bits per heavy atom. The van der Waals surface area contributed by atoms with E-state index in [2.05, 4.69) is 15.2 Å². The van der Waals surface area contributed by atoms with Gasteiger partial charge in [0.15, 0.2) is 17.4 Å². The van der Waals surface area contributed by atoms with Crippen molar-refractivity contribution >= 4 is 5.69 Å². The van der Waals surface area contributed by atoms with Gasteiger partial charge in [-0.15, -0.1) is 0 Å². The van der Waals surface area contributed by atoms with Gasteiger partial charge in [-0.3, -0.25) is 5.10 Å². The summed E-state index contributed by atoms with van der Waals surface area (Å²) in [6.45, 7) is 0. The van der Waals surface area contributed by atoms with Crippen LogP contribution in [-0.2, 0) is 0 Å². The summed E-state index contributed by atoms with van der Waals surface area (Å²) in [5, 5.41) is 6.99. The van der Waals surface area contributed by atoms with E-state index < -0.39 is 0 Å². The van der Waals surface area contributed by atoms with Crippen molar-refractivity contribution in [2.24, 2.45) is 0 Å². The lowest BCUT2D eigenvalue weighted by Gasteiger charge is -2.05. The molecule has 2 aromatic heterocycles. The Morgan fingerprint density at radius 2 is 2.21 bits per heavy atom. The Kier molecular flexibility index (Phi) is 2.68. The van der Waals surface area contributed by atoms with E-state index in [0.717, 1.165) is 5.56 Å². The summed E-state index contributed by atoms with van der Waals surface area (Å²) in [7, 11) is 1.59. The molecule has 0 aliphatic rings. The van der Waals surface area contributed by atoms with Crippen LogP contribution in [0.15, 0.2) is 41.0 Å². The number of ether oxygens (including phenoxy) is 1. The van der Waals surface area contributed by atoms with Gasteiger partial charge in [0.1, 0.15) is 5.75 Å². The maximum atomic E-state index is 5.78. The van der Waals surface area contributed by atoms with Crippen LogP contribution in [0.5, 0.6) is 5.75 Å². The standard InChI is InChI=1S/C13H12N4O2/c1-18-10-5-4-8(14)7-9(10)12-15-13(17-16-12)11-3-2-6-19-11/h2-7H,14H2,1H3,(H,15,16,17). The first-order valence-electron chi connectivity index (χ1n) is 5.68. The Bertz CT molecular complexity index is 688. The number of nitrogens with one attached hydrogen (secondary N) is 1. The van der Waals surface area contributed by atoms with E-state index in [9.17, 15) is 0 Å². The Morgan fingerprint density at radius 3 is 2.95 bits per heavy atom. The number of methoxy groups -OCH3 is 1. The van der Waals surface area contributed by atoms with Crippen LogP contribution >= 0.6 is 0 Å². The summed E-state index contributed by atoms with van der Waals surface area (Å²) in [4.78, 5) is 4.38. The second-order valence-corrected chi connectivity index (χ2v) is 3.94. The third-order valence-corrected chi connectivity index (χ3v) is 2.70. The highest BCUT2D eigenvalue weighted by Crippen LogP contribution is 2.30. The van der Waals surface area contributed by atoms with Crippen LogP contribution in [0.4, 0.5) is 5.69 Å². The topological polar surface area (TPSA) is 90.0 Å². The fourth-order valence-electron chi connectivity index (χ4n) is 1.81. The van der Waals surface area contributed by atoms with E-state index in [0.29, 0.717) is 28.8 Å². The highest BCUT2D eigenvalue weighted by molar-refractivity contribution is 5.69. The molecule has 2 heterocycles. The van der Waals surface area contributed by atoms with Crippen LogP contribution < -0.4 is 10.5 Å². The van der Waals surface area contributed by atoms with Gasteiger partial charge in [-0.2, -0.15) is 5.10 Å². The number of nitrogen functional groups attached to an aromatic ring is 1. The van der Waals surface area contributed by atoms with Crippen molar-refractivity contribution in [2.45, 2.75) is 0 Å². The predicted octanol–water partition coefficient (Wildman–Crippen LogP) is 2.32. The zero-order valence-corrected chi connectivity index (χ0v) is 10.3. The molecule has 0 fully saturated rings. The lowest BCUT2D eigenvalue weighted by atomic mass is 10.1. The second kappa shape index (κ2) is 4.49. The minimum absolute atomic E-state index is 0.510. The smallest absolute Gasteiger partial charge is 0.192 e. The molecule has 0 unspecified atom stereocenters. The molecular weight excluding hydrogens is 244 g/mol. The molecule has 0 aliphatic heterocycles. The van der Waals surface area contributed by atoms with E-state index in [1.165, 1.54) is 0 Å². The van der Waals surface area contributed by atoms with Crippen LogP contribution in [0.3, 0.4) is 0 Å². The number of benzene rings is 1. The van der Waals surface area contributed by atoms with Crippen molar-refractivity contribution in [3.05, 3.63) is 36.6 Å². The fourth-order valence-corrected chi connectivity index (χ4v) is 1.81. The van der Waals surface area contributed by atoms with Gasteiger partial charge in [0.05, 0.1) is 18.9 Å². The Labute approximate surface area is 109 Å². The minimum Gasteiger partial charge on any atom is -0.496 e. The molecule has 3 aromatic rings. The average molecular weight is 256 g/mol. The van der Waals surface area contributed by atoms with E-state index >= 15 is 0 Å². The van der Waals surface area contributed by atoms with Crippen molar-refractivity contribution in [2.75, 3.05) is 12.8 Å². The van der Waals surface area contributed by atoms with Gasteiger partial charge >= 0.3 is 0 Å². The molecule has 0 aliphatic carbocycles. The van der Waals surface area contributed by atoms with Crippen LogP contribution in [-0.4, -0.2) is 22.3 Å². The van der Waals surface area contributed by atoms with Crippen molar-refractivity contribution in [3.8, 4) is 28.7 Å². The molecule has 3 rings (SSSR count). The maximum absolute atomic E-state index is 5.78. The number of furan rings is 1. The van der Waals surface area contributed by atoms with Gasteiger partial charge in [-0.05, 0) is 30.3 Å². The number of aromatic nitrogens is 3. The number of rotatable bonds is 3. The van der Waals surface area contributed by atoms with Gasteiger partial charge in [-0.25, -0.2) is 4.98 Å². The summed E-state index contributed by atoms with van der Waals surface area (Å²) in [6.07, 6.45) is 1.58. The largest absolute Gasteiger partial charge is 0.496 e. The predicted molar refractivity (Wildman–Crippen MR) is 70.5 cm³/mol. The third kappa shape index (κ3) is 2.03. The van der Waals surface area contributed by atoms with E-state index in [-0.39, 0.29) is 0 Å². The summed E-state index contributed by atoms with van der Waals surface area (Å²) in [5.74, 6) is 2.36. The Hall–Kier alpha value is -2.76. The van der Waals surface area contributed by atoms with Gasteiger partial charge < -0.3 is 14.9 Å². The molecule has 0 spiro atoms. The number of aromatic amines is 1. The van der Waals surface area contributed by atoms with Crippen molar-refractivity contribution in [1.29, 1.82) is 0 Å². The first-order valence-corrected chi connectivity index (χ1v) is 5.68. The van der Waals surface area contributed by atoms with Gasteiger partial charge in [0.25, 0.3) is 0 Å². The van der Waals surface area contributed by atoms with Crippen molar-refractivity contribution in [1.82, 2.24) is 15.2 Å². The van der Waals surface area contributed by atoms with Crippen LogP contribution in [0.25, 0.3) is 23.0 Å². The molecule has 6 nitrogen and oxygen atoms in total. The van der Waals surface area contributed by atoms with E-state index in [4.69, 9.17) is 14.9 Å². The molecule has 19 heavy (non-hydrogen) atoms. The fraction of sp³-hybridized carbons (Fsp3) is 0.0769. The summed E-state index contributed by atoms with van der Waals surface area (Å²) >= 11 is 0. The molecule has 96 valence electrons. The molecule has 6 heteroatoms. The minimum atomic E-state index is 0.510. The van der Waals surface area contributed by atoms with Crippen LogP contribution in [0.1, 0.15) is 0 Å². The summed E-state index contributed by atoms with van der Waals surface area (Å²) in [6, 6.07) is 8.92. The number of hydrogen-bond donors (Lipinski definition) is 2. The molecule has 0 bridgehead atoms. The molecule has 0 atom stereocenters. The van der Waals surface area contributed by atoms with Crippen LogP contribution in [0, 0.1) is 0 Å². The highest BCUT2D eigenvalue weighted by atomic mass is 16.5. The zero-order valence-electron chi connectivity index (χ0n) is 10.3. The first kappa shape index (κ1) is 11.3. The van der Waals surface area contributed by atoms with E-state index in [1.807, 2.05) is 0 Å². The Balaban J connectivity index is 2.06. The number of anilines is 1. The molecular formula is C13H12N4O2. The van der Waals surface area contributed by atoms with E-state index in [1.54, 1.807) is 43.7 Å². The highest BCUT2D eigenvalue weighted by Gasteiger charge is 2.13.